The van der Waals surface area contributed by atoms with Crippen molar-refractivity contribution < 1.29 is 9.53 Å². The first-order chi connectivity index (χ1) is 7.77. The van der Waals surface area contributed by atoms with Gasteiger partial charge in [-0.2, -0.15) is 0 Å². The van der Waals surface area contributed by atoms with E-state index < -0.39 is 0 Å². The lowest BCUT2D eigenvalue weighted by atomic mass is 10.2. The summed E-state index contributed by atoms with van der Waals surface area (Å²) in [5.41, 5.74) is 1.82. The molecular formula is C12H14N2O2. The first kappa shape index (κ1) is 10.7. The monoisotopic (exact) mass is 218 g/mol. The van der Waals surface area contributed by atoms with Crippen molar-refractivity contribution in [2.45, 2.75) is 13.3 Å². The van der Waals surface area contributed by atoms with E-state index >= 15 is 0 Å². The summed E-state index contributed by atoms with van der Waals surface area (Å²) in [6, 6.07) is 7.61. The van der Waals surface area contributed by atoms with Crippen molar-refractivity contribution in [3.8, 4) is 0 Å². The number of nitrogens with one attached hydrogen (secondary N) is 1. The van der Waals surface area contributed by atoms with Gasteiger partial charge in [0, 0.05) is 18.7 Å². The van der Waals surface area contributed by atoms with Crippen LogP contribution in [0.15, 0.2) is 29.3 Å². The van der Waals surface area contributed by atoms with Crippen LogP contribution in [0, 0.1) is 6.92 Å². The highest BCUT2D eigenvalue weighted by Crippen LogP contribution is 2.13. The molecule has 1 aromatic rings. The van der Waals surface area contributed by atoms with Crippen LogP contribution < -0.4 is 5.32 Å². The third-order valence-electron chi connectivity index (χ3n) is 2.38. The number of hydrogen-bond acceptors (Lipinski definition) is 3. The van der Waals surface area contributed by atoms with Crippen molar-refractivity contribution in [1.29, 1.82) is 0 Å². The van der Waals surface area contributed by atoms with Crippen molar-refractivity contribution in [3.05, 3.63) is 29.8 Å². The number of hydrogen-bond donors (Lipinski definition) is 1. The number of ether oxygens (including phenoxy) is 1. The molecule has 0 fully saturated rings. The maximum atomic E-state index is 11.8. The van der Waals surface area contributed by atoms with Crippen molar-refractivity contribution in [1.82, 2.24) is 0 Å². The minimum Gasteiger partial charge on any atom is -0.474 e. The van der Waals surface area contributed by atoms with Crippen LogP contribution in [0.25, 0.3) is 0 Å². The van der Waals surface area contributed by atoms with Gasteiger partial charge < -0.3 is 10.1 Å². The fourth-order valence-electron chi connectivity index (χ4n) is 1.49. The smallest absolute Gasteiger partial charge is 0.310 e. The lowest BCUT2D eigenvalue weighted by Gasteiger charge is -2.14. The van der Waals surface area contributed by atoms with E-state index in [9.17, 15) is 4.79 Å². The fraction of sp³-hybridized carbons (Fsp3) is 0.333. The highest BCUT2D eigenvalue weighted by molar-refractivity contribution is 6.39. The standard InChI is InChI=1S/C12H14N2O2/c1-9-5-2-3-6-10(9)14-11(15)12-13-7-4-8-16-12/h2-3,5-6H,4,7-8H2,1H3,(H,14,15). The van der Waals surface area contributed by atoms with Crippen LogP contribution >= 0.6 is 0 Å². The number of anilines is 1. The summed E-state index contributed by atoms with van der Waals surface area (Å²) < 4.78 is 5.19. The SMILES string of the molecule is Cc1ccccc1NC(=O)C1=NCCCO1. The van der Waals surface area contributed by atoms with Crippen LogP contribution in [0.5, 0.6) is 0 Å². The number of para-hydroxylation sites is 1. The van der Waals surface area contributed by atoms with Crippen molar-refractivity contribution in [2.24, 2.45) is 4.99 Å². The molecule has 16 heavy (non-hydrogen) atoms. The maximum Gasteiger partial charge on any atom is 0.310 e. The van der Waals surface area contributed by atoms with Gasteiger partial charge in [-0.1, -0.05) is 18.2 Å². The normalized spacial score (nSPS) is 14.9. The second kappa shape index (κ2) is 4.79. The van der Waals surface area contributed by atoms with Crippen LogP contribution in [0.1, 0.15) is 12.0 Å². The summed E-state index contributed by atoms with van der Waals surface area (Å²) in [6.07, 6.45) is 0.876. The summed E-state index contributed by atoms with van der Waals surface area (Å²) >= 11 is 0. The van der Waals surface area contributed by atoms with E-state index in [0.29, 0.717) is 13.2 Å². The molecule has 0 atom stereocenters. The van der Waals surface area contributed by atoms with E-state index in [4.69, 9.17) is 4.74 Å². The van der Waals surface area contributed by atoms with Crippen LogP contribution in [-0.2, 0) is 9.53 Å². The summed E-state index contributed by atoms with van der Waals surface area (Å²) in [6.45, 7) is 3.18. The van der Waals surface area contributed by atoms with Crippen molar-refractivity contribution >= 4 is 17.5 Å². The summed E-state index contributed by atoms with van der Waals surface area (Å²) in [5, 5.41) is 2.79. The van der Waals surface area contributed by atoms with Gasteiger partial charge in [0.15, 0.2) is 0 Å². The molecule has 0 saturated heterocycles. The minimum atomic E-state index is -0.269. The van der Waals surface area contributed by atoms with Crippen LogP contribution in [0.4, 0.5) is 5.69 Å². The Morgan fingerprint density at radius 1 is 1.44 bits per heavy atom. The van der Waals surface area contributed by atoms with E-state index in [-0.39, 0.29) is 11.8 Å². The number of carbonyl (C=O) groups excluding carboxylic acids is 1. The molecule has 0 unspecified atom stereocenters. The summed E-state index contributed by atoms with van der Waals surface area (Å²) in [7, 11) is 0. The predicted octanol–water partition coefficient (Wildman–Crippen LogP) is 1.75. The Kier molecular flexibility index (Phi) is 3.19. The fourth-order valence-corrected chi connectivity index (χ4v) is 1.49. The molecule has 1 aliphatic rings. The number of aliphatic imine (C=N–C) groups is 1. The van der Waals surface area contributed by atoms with E-state index in [1.165, 1.54) is 0 Å². The Bertz CT molecular complexity index is 427. The molecule has 1 heterocycles. The highest BCUT2D eigenvalue weighted by Gasteiger charge is 2.16. The molecule has 4 nitrogen and oxygen atoms in total. The highest BCUT2D eigenvalue weighted by atomic mass is 16.5. The number of amides is 1. The molecule has 0 bridgehead atoms. The largest absolute Gasteiger partial charge is 0.474 e. The van der Waals surface area contributed by atoms with Gasteiger partial charge in [-0.05, 0) is 18.6 Å². The zero-order valence-electron chi connectivity index (χ0n) is 9.19. The molecule has 1 amide bonds. The molecule has 1 aromatic carbocycles. The van der Waals surface area contributed by atoms with Crippen molar-refractivity contribution in [3.63, 3.8) is 0 Å². The Morgan fingerprint density at radius 2 is 2.25 bits per heavy atom. The molecule has 1 N–H and O–H groups in total. The van der Waals surface area contributed by atoms with Gasteiger partial charge in [0.05, 0.1) is 6.61 Å². The number of nitrogens with zero attached hydrogens (tertiary/aromatic N) is 1. The average Bonchev–Trinajstić information content (AvgIpc) is 2.33. The quantitative estimate of drug-likeness (QED) is 0.822. The van der Waals surface area contributed by atoms with Crippen LogP contribution in [0.2, 0.25) is 0 Å². The van der Waals surface area contributed by atoms with Gasteiger partial charge in [-0.3, -0.25) is 4.79 Å². The number of rotatable bonds is 2. The summed E-state index contributed by atoms with van der Waals surface area (Å²) in [5.74, 6) is -0.0801. The van der Waals surface area contributed by atoms with E-state index in [0.717, 1.165) is 17.7 Å². The molecule has 84 valence electrons. The minimum absolute atomic E-state index is 0.189. The third-order valence-corrected chi connectivity index (χ3v) is 2.38. The summed E-state index contributed by atoms with van der Waals surface area (Å²) in [4.78, 5) is 15.8. The Hall–Kier alpha value is -1.84. The molecule has 1 aliphatic heterocycles. The topological polar surface area (TPSA) is 50.7 Å². The average molecular weight is 218 g/mol. The molecule has 0 saturated carbocycles. The first-order valence-corrected chi connectivity index (χ1v) is 5.31. The van der Waals surface area contributed by atoms with Gasteiger partial charge in [-0.25, -0.2) is 4.99 Å². The number of carbonyl (C=O) groups is 1. The molecule has 0 aliphatic carbocycles. The first-order valence-electron chi connectivity index (χ1n) is 5.31. The van der Waals surface area contributed by atoms with Gasteiger partial charge in [0.2, 0.25) is 0 Å². The number of aryl methyl sites for hydroxylation is 1. The Balaban J connectivity index is 2.07. The zero-order valence-corrected chi connectivity index (χ0v) is 9.19. The maximum absolute atomic E-state index is 11.8. The molecule has 4 heteroatoms. The molecule has 2 rings (SSSR count). The third kappa shape index (κ3) is 2.39. The van der Waals surface area contributed by atoms with Crippen LogP contribution in [0.3, 0.4) is 0 Å². The lowest BCUT2D eigenvalue weighted by Crippen LogP contribution is -2.28. The lowest BCUT2D eigenvalue weighted by molar-refractivity contribution is -0.111. The van der Waals surface area contributed by atoms with Gasteiger partial charge in [0.25, 0.3) is 5.90 Å². The second-order valence-corrected chi connectivity index (χ2v) is 3.66. The molecular weight excluding hydrogens is 204 g/mol. The zero-order chi connectivity index (χ0) is 11.4. The molecule has 0 aromatic heterocycles. The van der Waals surface area contributed by atoms with Crippen LogP contribution in [-0.4, -0.2) is 25.0 Å². The van der Waals surface area contributed by atoms with Gasteiger partial charge in [0.1, 0.15) is 0 Å². The van der Waals surface area contributed by atoms with E-state index in [1.54, 1.807) is 0 Å². The van der Waals surface area contributed by atoms with Crippen molar-refractivity contribution in [2.75, 3.05) is 18.5 Å². The second-order valence-electron chi connectivity index (χ2n) is 3.66. The number of benzene rings is 1. The Labute approximate surface area is 94.3 Å². The van der Waals surface area contributed by atoms with Gasteiger partial charge in [-0.15, -0.1) is 0 Å². The Morgan fingerprint density at radius 3 is 2.94 bits per heavy atom. The molecule has 0 spiro atoms. The van der Waals surface area contributed by atoms with E-state index in [2.05, 4.69) is 10.3 Å². The van der Waals surface area contributed by atoms with E-state index in [1.807, 2.05) is 31.2 Å². The predicted molar refractivity (Wildman–Crippen MR) is 62.7 cm³/mol. The van der Waals surface area contributed by atoms with Gasteiger partial charge >= 0.3 is 5.91 Å². The molecule has 0 radical (unpaired) electrons.